The van der Waals surface area contributed by atoms with Crippen molar-refractivity contribution >= 4 is 10.9 Å². The van der Waals surface area contributed by atoms with Crippen LogP contribution in [0.2, 0.25) is 0 Å². The van der Waals surface area contributed by atoms with Gasteiger partial charge in [-0.05, 0) is 36.4 Å². The molecule has 0 atom stereocenters. The minimum Gasteiger partial charge on any atom is -0.361 e. The number of aromatic nitrogens is 1. The van der Waals surface area contributed by atoms with Crippen LogP contribution in [0.15, 0.2) is 24.4 Å². The summed E-state index contributed by atoms with van der Waals surface area (Å²) in [7, 11) is 0. The molecule has 0 saturated heterocycles. The van der Waals surface area contributed by atoms with Gasteiger partial charge in [0.2, 0.25) is 0 Å². The zero-order chi connectivity index (χ0) is 13.5. The summed E-state index contributed by atoms with van der Waals surface area (Å²) in [5.41, 5.74) is 9.56. The molecule has 0 unspecified atom stereocenters. The van der Waals surface area contributed by atoms with Crippen molar-refractivity contribution in [3.05, 3.63) is 35.5 Å². The molecule has 3 N–H and O–H groups in total. The van der Waals surface area contributed by atoms with Crippen molar-refractivity contribution in [3.63, 3.8) is 0 Å². The van der Waals surface area contributed by atoms with Crippen LogP contribution in [0, 0.1) is 5.92 Å². The molecule has 2 aromatic rings. The Morgan fingerprint density at radius 3 is 2.39 bits per heavy atom. The van der Waals surface area contributed by atoms with Crippen LogP contribution in [0.1, 0.15) is 38.8 Å². The second kappa shape index (κ2) is 7.22. The van der Waals surface area contributed by atoms with E-state index >= 15 is 0 Å². The predicted octanol–water partition coefficient (Wildman–Crippen LogP) is 3.89. The van der Waals surface area contributed by atoms with Gasteiger partial charge in [-0.15, -0.1) is 0 Å². The molecule has 0 saturated carbocycles. The molecule has 1 aromatic carbocycles. The van der Waals surface area contributed by atoms with Crippen molar-refractivity contribution in [1.29, 1.82) is 0 Å². The number of rotatable bonds is 3. The Hall–Kier alpha value is -1.28. The number of hydrogen-bond acceptors (Lipinski definition) is 1. The molecule has 0 spiro atoms. The molecule has 0 aliphatic carbocycles. The van der Waals surface area contributed by atoms with Crippen LogP contribution in [0.4, 0.5) is 0 Å². The molecule has 0 fully saturated rings. The fourth-order valence-electron chi connectivity index (χ4n) is 1.93. The Labute approximate surface area is 111 Å². The molecule has 100 valence electrons. The summed E-state index contributed by atoms with van der Waals surface area (Å²) >= 11 is 0. The third kappa shape index (κ3) is 3.88. The van der Waals surface area contributed by atoms with Crippen molar-refractivity contribution in [2.75, 3.05) is 6.54 Å². The summed E-state index contributed by atoms with van der Waals surface area (Å²) < 4.78 is 0. The van der Waals surface area contributed by atoms with Gasteiger partial charge in [0.05, 0.1) is 0 Å². The van der Waals surface area contributed by atoms with E-state index in [0.29, 0.717) is 6.54 Å². The Bertz CT molecular complexity index is 466. The van der Waals surface area contributed by atoms with E-state index in [1.54, 1.807) is 0 Å². The SMILES string of the molecule is CC(C)C.CCc1cccc2c(CCN)c[nH]c12. The standard InChI is InChI=1S/C12H16N2.C4H10/c1-2-9-4-3-5-11-10(6-7-13)8-14-12(9)11;1-4(2)3/h3-5,8,14H,2,6-7,13H2,1H3;4H,1-3H3. The van der Waals surface area contributed by atoms with Crippen LogP contribution < -0.4 is 5.73 Å². The first kappa shape index (κ1) is 14.8. The van der Waals surface area contributed by atoms with Crippen LogP contribution in [0.25, 0.3) is 10.9 Å². The summed E-state index contributed by atoms with van der Waals surface area (Å²) in [4.78, 5) is 3.34. The maximum atomic E-state index is 5.57. The summed E-state index contributed by atoms with van der Waals surface area (Å²) in [5.74, 6) is 0.833. The van der Waals surface area contributed by atoms with E-state index < -0.39 is 0 Å². The maximum Gasteiger partial charge on any atom is 0.0489 e. The smallest absolute Gasteiger partial charge is 0.0489 e. The first-order chi connectivity index (χ1) is 8.60. The molecule has 0 bridgehead atoms. The van der Waals surface area contributed by atoms with Crippen LogP contribution >= 0.6 is 0 Å². The highest BCUT2D eigenvalue weighted by atomic mass is 14.7. The van der Waals surface area contributed by atoms with Gasteiger partial charge in [-0.2, -0.15) is 0 Å². The summed E-state index contributed by atoms with van der Waals surface area (Å²) in [6, 6.07) is 6.45. The lowest BCUT2D eigenvalue weighted by molar-refractivity contribution is 0.737. The number of H-pyrrole nitrogens is 1. The predicted molar refractivity (Wildman–Crippen MR) is 80.9 cm³/mol. The van der Waals surface area contributed by atoms with Crippen LogP contribution in [0.3, 0.4) is 0 Å². The van der Waals surface area contributed by atoms with Gasteiger partial charge in [0.25, 0.3) is 0 Å². The quantitative estimate of drug-likeness (QED) is 0.847. The van der Waals surface area contributed by atoms with Crippen molar-refractivity contribution in [1.82, 2.24) is 4.98 Å². The zero-order valence-corrected chi connectivity index (χ0v) is 12.1. The molecule has 0 aliphatic rings. The zero-order valence-electron chi connectivity index (χ0n) is 12.1. The average Bonchev–Trinajstić information content (AvgIpc) is 2.72. The van der Waals surface area contributed by atoms with Gasteiger partial charge >= 0.3 is 0 Å². The summed E-state index contributed by atoms with van der Waals surface area (Å²) in [5, 5.41) is 1.33. The second-order valence-corrected chi connectivity index (χ2v) is 5.28. The van der Waals surface area contributed by atoms with E-state index in [0.717, 1.165) is 18.8 Å². The van der Waals surface area contributed by atoms with Crippen LogP contribution in [0.5, 0.6) is 0 Å². The highest BCUT2D eigenvalue weighted by molar-refractivity contribution is 5.86. The maximum absolute atomic E-state index is 5.57. The Morgan fingerprint density at radius 1 is 1.17 bits per heavy atom. The molecular weight excluding hydrogens is 220 g/mol. The molecular formula is C16H26N2. The number of nitrogens with one attached hydrogen (secondary N) is 1. The van der Waals surface area contributed by atoms with Gasteiger partial charge in [-0.1, -0.05) is 45.9 Å². The third-order valence-corrected chi connectivity index (χ3v) is 2.68. The monoisotopic (exact) mass is 246 g/mol. The van der Waals surface area contributed by atoms with E-state index in [9.17, 15) is 0 Å². The molecule has 1 aromatic heterocycles. The van der Waals surface area contributed by atoms with E-state index in [4.69, 9.17) is 5.73 Å². The number of fused-ring (bicyclic) bond motifs is 1. The first-order valence-electron chi connectivity index (χ1n) is 6.88. The molecule has 2 heteroatoms. The molecule has 2 nitrogen and oxygen atoms in total. The van der Waals surface area contributed by atoms with Crippen molar-refractivity contribution in [3.8, 4) is 0 Å². The average molecular weight is 246 g/mol. The van der Waals surface area contributed by atoms with Crippen molar-refractivity contribution < 1.29 is 0 Å². The Balaban J connectivity index is 0.000000357. The number of benzene rings is 1. The minimum atomic E-state index is 0.712. The Morgan fingerprint density at radius 2 is 1.83 bits per heavy atom. The summed E-state index contributed by atoms with van der Waals surface area (Å²) in [6.45, 7) is 9.39. The fourth-order valence-corrected chi connectivity index (χ4v) is 1.93. The largest absolute Gasteiger partial charge is 0.361 e. The van der Waals surface area contributed by atoms with Crippen molar-refractivity contribution in [2.45, 2.75) is 40.5 Å². The van der Waals surface area contributed by atoms with Gasteiger partial charge in [-0.3, -0.25) is 0 Å². The lowest BCUT2D eigenvalue weighted by Gasteiger charge is -2.00. The number of hydrogen-bond donors (Lipinski definition) is 2. The molecule has 0 aliphatic heterocycles. The van der Waals surface area contributed by atoms with E-state index in [1.807, 2.05) is 0 Å². The highest BCUT2D eigenvalue weighted by Gasteiger charge is 2.04. The van der Waals surface area contributed by atoms with Gasteiger partial charge in [0, 0.05) is 17.1 Å². The highest BCUT2D eigenvalue weighted by Crippen LogP contribution is 2.22. The molecule has 2 rings (SSSR count). The number of para-hydroxylation sites is 1. The molecule has 0 radical (unpaired) electrons. The topological polar surface area (TPSA) is 41.8 Å². The fraction of sp³-hybridized carbons (Fsp3) is 0.500. The summed E-state index contributed by atoms with van der Waals surface area (Å²) in [6.07, 6.45) is 4.10. The lowest BCUT2D eigenvalue weighted by atomic mass is 10.1. The van der Waals surface area contributed by atoms with Gasteiger partial charge in [-0.25, -0.2) is 0 Å². The van der Waals surface area contributed by atoms with E-state index in [1.165, 1.54) is 22.0 Å². The number of aromatic amines is 1. The van der Waals surface area contributed by atoms with Gasteiger partial charge in [0.15, 0.2) is 0 Å². The minimum absolute atomic E-state index is 0.712. The van der Waals surface area contributed by atoms with Crippen molar-refractivity contribution in [2.24, 2.45) is 11.7 Å². The van der Waals surface area contributed by atoms with Gasteiger partial charge < -0.3 is 10.7 Å². The molecule has 18 heavy (non-hydrogen) atoms. The normalized spacial score (nSPS) is 10.6. The van der Waals surface area contributed by atoms with Crippen LogP contribution in [-0.2, 0) is 12.8 Å². The van der Waals surface area contributed by atoms with Crippen LogP contribution in [-0.4, -0.2) is 11.5 Å². The van der Waals surface area contributed by atoms with E-state index in [-0.39, 0.29) is 0 Å². The first-order valence-corrected chi connectivity index (χ1v) is 6.88. The lowest BCUT2D eigenvalue weighted by Crippen LogP contribution is -2.01. The second-order valence-electron chi connectivity index (χ2n) is 5.28. The van der Waals surface area contributed by atoms with E-state index in [2.05, 4.69) is 57.1 Å². The number of nitrogens with two attached hydrogens (primary N) is 1. The third-order valence-electron chi connectivity index (χ3n) is 2.68. The number of aryl methyl sites for hydroxylation is 1. The molecule has 0 amide bonds. The van der Waals surface area contributed by atoms with Gasteiger partial charge in [0.1, 0.15) is 0 Å². The molecule has 1 heterocycles. The Kier molecular flexibility index (Phi) is 5.93.